The second kappa shape index (κ2) is 9.80. The molecule has 2 aliphatic rings. The molecule has 1 aromatic rings. The van der Waals surface area contributed by atoms with Gasteiger partial charge in [-0.3, -0.25) is 4.79 Å². The molecule has 6 nitrogen and oxygen atoms in total. The van der Waals surface area contributed by atoms with Gasteiger partial charge in [-0.25, -0.2) is 4.79 Å². The molecular formula is C22H33N3O3. The first-order valence-corrected chi connectivity index (χ1v) is 10.5. The van der Waals surface area contributed by atoms with Crippen molar-refractivity contribution in [3.63, 3.8) is 0 Å². The van der Waals surface area contributed by atoms with Crippen LogP contribution in [0.15, 0.2) is 30.3 Å². The molecule has 2 unspecified atom stereocenters. The molecule has 0 aliphatic carbocycles. The molecule has 0 radical (unpaired) electrons. The van der Waals surface area contributed by atoms with Crippen LogP contribution < -0.4 is 10.1 Å². The van der Waals surface area contributed by atoms with Crippen molar-refractivity contribution in [2.24, 2.45) is 17.8 Å². The molecule has 6 heteroatoms. The highest BCUT2D eigenvalue weighted by atomic mass is 16.5. The number of hydrogen-bond donors (Lipinski definition) is 1. The summed E-state index contributed by atoms with van der Waals surface area (Å²) in [6, 6.07) is 9.92. The van der Waals surface area contributed by atoms with Gasteiger partial charge in [-0.15, -0.1) is 0 Å². The number of ether oxygens (including phenoxy) is 1. The first-order valence-electron chi connectivity index (χ1n) is 10.5. The zero-order chi connectivity index (χ0) is 19.9. The van der Waals surface area contributed by atoms with Gasteiger partial charge >= 0.3 is 6.03 Å². The minimum atomic E-state index is 0.0373. The molecule has 28 heavy (non-hydrogen) atoms. The Labute approximate surface area is 168 Å². The molecule has 0 bridgehead atoms. The molecule has 2 atom stereocenters. The van der Waals surface area contributed by atoms with Crippen LogP contribution in [0, 0.1) is 17.8 Å². The number of benzene rings is 1. The van der Waals surface area contributed by atoms with E-state index >= 15 is 0 Å². The van der Waals surface area contributed by atoms with E-state index in [0.29, 0.717) is 30.9 Å². The van der Waals surface area contributed by atoms with Gasteiger partial charge in [-0.2, -0.15) is 0 Å². The normalized spacial score (nSPS) is 22.9. The molecule has 1 N–H and O–H groups in total. The van der Waals surface area contributed by atoms with E-state index in [1.807, 2.05) is 40.1 Å². The van der Waals surface area contributed by atoms with Crippen LogP contribution in [-0.4, -0.2) is 61.1 Å². The first kappa shape index (κ1) is 20.5. The maximum absolute atomic E-state index is 12.5. The Bertz CT molecular complexity index is 644. The molecule has 0 spiro atoms. The van der Waals surface area contributed by atoms with Gasteiger partial charge in [0.05, 0.1) is 6.61 Å². The van der Waals surface area contributed by atoms with Gasteiger partial charge in [-0.05, 0) is 43.2 Å². The Morgan fingerprint density at radius 1 is 1.11 bits per heavy atom. The van der Waals surface area contributed by atoms with Gasteiger partial charge in [0.2, 0.25) is 5.91 Å². The lowest BCUT2D eigenvalue weighted by molar-refractivity contribution is -0.130. The number of piperidine rings is 1. The summed E-state index contributed by atoms with van der Waals surface area (Å²) in [5.41, 5.74) is 0. The lowest BCUT2D eigenvalue weighted by Gasteiger charge is -2.36. The third-order valence-electron chi connectivity index (χ3n) is 6.10. The van der Waals surface area contributed by atoms with Crippen LogP contribution >= 0.6 is 0 Å². The number of urea groups is 1. The van der Waals surface area contributed by atoms with Crippen LogP contribution in [0.25, 0.3) is 0 Å². The van der Waals surface area contributed by atoms with E-state index in [-0.39, 0.29) is 11.9 Å². The molecule has 2 fully saturated rings. The lowest BCUT2D eigenvalue weighted by Crippen LogP contribution is -2.41. The maximum Gasteiger partial charge on any atom is 0.317 e. The number of hydrogen-bond acceptors (Lipinski definition) is 3. The number of likely N-dealkylation sites (tertiary alicyclic amines) is 2. The standard InChI is InChI=1S/C22H33N3O3/c1-3-11-23-22(27)25-14-19(16-28-20-7-5-4-6-8-20)21(15-25)18-9-12-24(13-10-18)17(2)26/h4-8,18-19,21H,3,9-16H2,1-2H3,(H,23,27). The highest BCUT2D eigenvalue weighted by molar-refractivity contribution is 5.74. The van der Waals surface area contributed by atoms with Crippen LogP contribution in [0.5, 0.6) is 5.75 Å². The minimum absolute atomic E-state index is 0.0373. The Morgan fingerprint density at radius 2 is 1.82 bits per heavy atom. The van der Waals surface area contributed by atoms with Crippen molar-refractivity contribution in [1.29, 1.82) is 0 Å². The van der Waals surface area contributed by atoms with E-state index in [1.165, 1.54) is 0 Å². The highest BCUT2D eigenvalue weighted by Gasteiger charge is 2.41. The van der Waals surface area contributed by atoms with E-state index in [0.717, 1.165) is 51.2 Å². The van der Waals surface area contributed by atoms with Gasteiger partial charge in [0.1, 0.15) is 5.75 Å². The fraction of sp³-hybridized carbons (Fsp3) is 0.636. The molecule has 154 valence electrons. The second-order valence-corrected chi connectivity index (χ2v) is 8.03. The topological polar surface area (TPSA) is 61.9 Å². The third kappa shape index (κ3) is 5.18. The van der Waals surface area contributed by atoms with E-state index in [1.54, 1.807) is 6.92 Å². The predicted octanol–water partition coefficient (Wildman–Crippen LogP) is 2.99. The quantitative estimate of drug-likeness (QED) is 0.816. The minimum Gasteiger partial charge on any atom is -0.493 e. The molecule has 2 heterocycles. The summed E-state index contributed by atoms with van der Waals surface area (Å²) in [4.78, 5) is 28.0. The summed E-state index contributed by atoms with van der Waals surface area (Å²) in [6.07, 6.45) is 2.96. The van der Waals surface area contributed by atoms with Crippen molar-refractivity contribution in [3.05, 3.63) is 30.3 Å². The summed E-state index contributed by atoms with van der Waals surface area (Å²) >= 11 is 0. The van der Waals surface area contributed by atoms with Crippen molar-refractivity contribution < 1.29 is 14.3 Å². The molecular weight excluding hydrogens is 354 g/mol. The summed E-state index contributed by atoms with van der Waals surface area (Å²) in [5.74, 6) is 2.31. The average Bonchev–Trinajstić information content (AvgIpc) is 3.15. The molecule has 3 amide bonds. The van der Waals surface area contributed by atoms with Crippen LogP contribution in [0.4, 0.5) is 4.79 Å². The summed E-state index contributed by atoms with van der Waals surface area (Å²) in [5, 5.41) is 3.01. The van der Waals surface area contributed by atoms with Crippen LogP contribution in [0.2, 0.25) is 0 Å². The van der Waals surface area contributed by atoms with Crippen molar-refractivity contribution in [1.82, 2.24) is 15.1 Å². The van der Waals surface area contributed by atoms with Crippen LogP contribution in [-0.2, 0) is 4.79 Å². The van der Waals surface area contributed by atoms with Crippen molar-refractivity contribution in [2.45, 2.75) is 33.1 Å². The molecule has 1 aromatic carbocycles. The van der Waals surface area contributed by atoms with E-state index in [2.05, 4.69) is 12.2 Å². The van der Waals surface area contributed by atoms with Gasteiger partial charge in [-0.1, -0.05) is 25.1 Å². The first-order chi connectivity index (χ1) is 13.6. The van der Waals surface area contributed by atoms with Crippen LogP contribution in [0.3, 0.4) is 0 Å². The van der Waals surface area contributed by atoms with E-state index < -0.39 is 0 Å². The van der Waals surface area contributed by atoms with Crippen LogP contribution in [0.1, 0.15) is 33.1 Å². The zero-order valence-corrected chi connectivity index (χ0v) is 17.1. The molecule has 3 rings (SSSR count). The number of carbonyl (C=O) groups excluding carboxylic acids is 2. The smallest absolute Gasteiger partial charge is 0.317 e. The fourth-order valence-corrected chi connectivity index (χ4v) is 4.48. The number of carbonyl (C=O) groups is 2. The summed E-state index contributed by atoms with van der Waals surface area (Å²) < 4.78 is 6.06. The highest BCUT2D eigenvalue weighted by Crippen LogP contribution is 2.36. The number of nitrogens with one attached hydrogen (secondary N) is 1. The molecule has 0 saturated carbocycles. The Balaban J connectivity index is 1.63. The molecule has 0 aromatic heterocycles. The predicted molar refractivity (Wildman–Crippen MR) is 109 cm³/mol. The Morgan fingerprint density at radius 3 is 2.46 bits per heavy atom. The number of para-hydroxylation sites is 1. The van der Waals surface area contributed by atoms with Crippen molar-refractivity contribution >= 4 is 11.9 Å². The van der Waals surface area contributed by atoms with Gasteiger partial charge < -0.3 is 19.9 Å². The number of amides is 3. The molecule has 2 aliphatic heterocycles. The second-order valence-electron chi connectivity index (χ2n) is 8.03. The lowest BCUT2D eigenvalue weighted by atomic mass is 9.79. The van der Waals surface area contributed by atoms with Gasteiger partial charge in [0, 0.05) is 45.6 Å². The average molecular weight is 388 g/mol. The van der Waals surface area contributed by atoms with Gasteiger partial charge in [0.25, 0.3) is 0 Å². The van der Waals surface area contributed by atoms with Gasteiger partial charge in [0.15, 0.2) is 0 Å². The summed E-state index contributed by atoms with van der Waals surface area (Å²) in [7, 11) is 0. The largest absolute Gasteiger partial charge is 0.493 e. The summed E-state index contributed by atoms with van der Waals surface area (Å²) in [6.45, 7) is 8.21. The number of rotatable bonds is 6. The Kier molecular flexibility index (Phi) is 7.18. The SMILES string of the molecule is CCCNC(=O)N1CC(COc2ccccc2)C(C2CCN(C(C)=O)CC2)C1. The van der Waals surface area contributed by atoms with E-state index in [4.69, 9.17) is 4.74 Å². The monoisotopic (exact) mass is 387 g/mol. The maximum atomic E-state index is 12.5. The van der Waals surface area contributed by atoms with E-state index in [9.17, 15) is 9.59 Å². The van der Waals surface area contributed by atoms with Crippen molar-refractivity contribution in [2.75, 3.05) is 39.3 Å². The molecule has 2 saturated heterocycles. The fourth-order valence-electron chi connectivity index (χ4n) is 4.48. The van der Waals surface area contributed by atoms with Crippen molar-refractivity contribution in [3.8, 4) is 5.75 Å². The third-order valence-corrected chi connectivity index (χ3v) is 6.10. The zero-order valence-electron chi connectivity index (χ0n) is 17.1. The Hall–Kier alpha value is -2.24. The number of nitrogens with zero attached hydrogens (tertiary/aromatic N) is 2.